The van der Waals surface area contributed by atoms with Gasteiger partial charge in [-0.25, -0.2) is 0 Å². The minimum absolute atomic E-state index is 0.0339. The molecule has 5 nitrogen and oxygen atoms in total. The Kier molecular flexibility index (Phi) is 7.85. The third-order valence-electron chi connectivity index (χ3n) is 5.24. The minimum Gasteiger partial charge on any atom is -0.494 e. The summed E-state index contributed by atoms with van der Waals surface area (Å²) in [4.78, 5) is 17.3. The molecule has 0 aromatic heterocycles. The van der Waals surface area contributed by atoms with E-state index in [2.05, 4.69) is 51.5 Å². The van der Waals surface area contributed by atoms with Crippen LogP contribution in [-0.2, 0) is 4.79 Å². The van der Waals surface area contributed by atoms with Crippen molar-refractivity contribution < 1.29 is 9.53 Å². The number of nitrogens with zero attached hydrogens (tertiary/aromatic N) is 2. The Morgan fingerprint density at radius 3 is 2.41 bits per heavy atom. The topological polar surface area (TPSA) is 44.8 Å². The second-order valence-electron chi connectivity index (χ2n) is 7.27. The molecule has 0 spiro atoms. The Bertz CT molecular complexity index is 782. The van der Waals surface area contributed by atoms with Gasteiger partial charge in [0.1, 0.15) is 5.75 Å². The fourth-order valence-corrected chi connectivity index (χ4v) is 3.45. The van der Waals surface area contributed by atoms with Crippen LogP contribution in [0.25, 0.3) is 6.08 Å². The molecule has 1 atom stereocenters. The summed E-state index contributed by atoms with van der Waals surface area (Å²) in [6.45, 7) is 9.26. The monoisotopic (exact) mass is 393 g/mol. The molecule has 1 amide bonds. The zero-order valence-corrected chi connectivity index (χ0v) is 17.4. The third-order valence-corrected chi connectivity index (χ3v) is 5.24. The maximum absolute atomic E-state index is 12.6. The molecule has 1 saturated heterocycles. The van der Waals surface area contributed by atoms with Crippen LogP contribution in [0, 0.1) is 0 Å². The molecule has 1 fully saturated rings. The predicted molar refractivity (Wildman–Crippen MR) is 119 cm³/mol. The number of amides is 1. The van der Waals surface area contributed by atoms with Crippen molar-refractivity contribution in [2.24, 2.45) is 0 Å². The Morgan fingerprint density at radius 2 is 1.76 bits per heavy atom. The second-order valence-corrected chi connectivity index (χ2v) is 7.27. The maximum atomic E-state index is 12.6. The van der Waals surface area contributed by atoms with Gasteiger partial charge < -0.3 is 10.1 Å². The second kappa shape index (κ2) is 10.8. The highest BCUT2D eigenvalue weighted by Gasteiger charge is 2.25. The summed E-state index contributed by atoms with van der Waals surface area (Å²) >= 11 is 0. The summed E-state index contributed by atoms with van der Waals surface area (Å²) in [7, 11) is 0. The number of piperazine rings is 1. The van der Waals surface area contributed by atoms with Crippen molar-refractivity contribution in [2.75, 3.05) is 44.6 Å². The van der Waals surface area contributed by atoms with Gasteiger partial charge in [0.05, 0.1) is 12.6 Å². The molecule has 1 aliphatic heterocycles. The van der Waals surface area contributed by atoms with Crippen LogP contribution in [0.5, 0.6) is 5.75 Å². The van der Waals surface area contributed by atoms with E-state index in [0.717, 1.165) is 44.2 Å². The van der Waals surface area contributed by atoms with Crippen molar-refractivity contribution in [3.63, 3.8) is 0 Å². The van der Waals surface area contributed by atoms with Gasteiger partial charge in [0.15, 0.2) is 0 Å². The Labute approximate surface area is 174 Å². The van der Waals surface area contributed by atoms with Gasteiger partial charge in [-0.3, -0.25) is 14.6 Å². The summed E-state index contributed by atoms with van der Waals surface area (Å²) in [5.74, 6) is 0.850. The van der Waals surface area contributed by atoms with Crippen LogP contribution >= 0.6 is 0 Å². The van der Waals surface area contributed by atoms with E-state index >= 15 is 0 Å². The number of hydrogen-bond donors (Lipinski definition) is 1. The van der Waals surface area contributed by atoms with E-state index in [9.17, 15) is 4.79 Å². The predicted octanol–water partition coefficient (Wildman–Crippen LogP) is 3.74. The molecule has 5 heteroatoms. The van der Waals surface area contributed by atoms with Crippen LogP contribution in [0.3, 0.4) is 0 Å². The van der Waals surface area contributed by atoms with Gasteiger partial charge in [0, 0.05) is 38.4 Å². The van der Waals surface area contributed by atoms with Gasteiger partial charge in [-0.1, -0.05) is 42.5 Å². The Morgan fingerprint density at radius 1 is 1.07 bits per heavy atom. The SMILES string of the molecule is CCOc1ccc(NC(=O)[C@@H](C)N2CCN(C/C=C/c3ccccc3)CC2)cc1. The first kappa shape index (κ1) is 21.1. The van der Waals surface area contributed by atoms with Gasteiger partial charge >= 0.3 is 0 Å². The molecule has 2 aromatic carbocycles. The number of nitrogens with one attached hydrogen (secondary N) is 1. The van der Waals surface area contributed by atoms with E-state index in [1.807, 2.05) is 44.2 Å². The summed E-state index contributed by atoms with van der Waals surface area (Å²) < 4.78 is 5.44. The van der Waals surface area contributed by atoms with Gasteiger partial charge in [-0.05, 0) is 43.7 Å². The number of ether oxygens (including phenoxy) is 1. The van der Waals surface area contributed by atoms with Crippen LogP contribution in [0.15, 0.2) is 60.7 Å². The molecule has 1 N–H and O–H groups in total. The lowest BCUT2D eigenvalue weighted by atomic mass is 10.2. The first-order valence-corrected chi connectivity index (χ1v) is 10.4. The van der Waals surface area contributed by atoms with E-state index in [4.69, 9.17) is 4.74 Å². The molecule has 0 radical (unpaired) electrons. The highest BCUT2D eigenvalue weighted by atomic mass is 16.5. The number of benzene rings is 2. The fraction of sp³-hybridized carbons (Fsp3) is 0.375. The normalized spacial score (nSPS) is 16.6. The summed E-state index contributed by atoms with van der Waals surface area (Å²) in [5, 5.41) is 3.01. The molecule has 29 heavy (non-hydrogen) atoms. The van der Waals surface area contributed by atoms with E-state index < -0.39 is 0 Å². The molecule has 0 aliphatic carbocycles. The molecular weight excluding hydrogens is 362 g/mol. The zero-order chi connectivity index (χ0) is 20.5. The lowest BCUT2D eigenvalue weighted by molar-refractivity contribution is -0.121. The molecule has 154 valence electrons. The van der Waals surface area contributed by atoms with Crippen molar-refractivity contribution in [1.82, 2.24) is 9.80 Å². The molecule has 1 heterocycles. The minimum atomic E-state index is -0.149. The lowest BCUT2D eigenvalue weighted by Gasteiger charge is -2.37. The number of carbonyl (C=O) groups is 1. The van der Waals surface area contributed by atoms with Crippen LogP contribution < -0.4 is 10.1 Å². The van der Waals surface area contributed by atoms with Crippen molar-refractivity contribution in [3.8, 4) is 5.75 Å². The number of hydrogen-bond acceptors (Lipinski definition) is 4. The molecule has 0 saturated carbocycles. The van der Waals surface area contributed by atoms with Crippen molar-refractivity contribution in [3.05, 3.63) is 66.2 Å². The molecule has 3 rings (SSSR count). The zero-order valence-electron chi connectivity index (χ0n) is 17.4. The highest BCUT2D eigenvalue weighted by Crippen LogP contribution is 2.16. The largest absolute Gasteiger partial charge is 0.494 e. The molecule has 1 aliphatic rings. The van der Waals surface area contributed by atoms with E-state index in [-0.39, 0.29) is 11.9 Å². The summed E-state index contributed by atoms with van der Waals surface area (Å²) in [5.41, 5.74) is 2.03. The summed E-state index contributed by atoms with van der Waals surface area (Å²) in [6.07, 6.45) is 4.38. The van der Waals surface area contributed by atoms with Crippen molar-refractivity contribution in [1.29, 1.82) is 0 Å². The van der Waals surface area contributed by atoms with Crippen LogP contribution in [-0.4, -0.2) is 61.1 Å². The van der Waals surface area contributed by atoms with Crippen LogP contribution in [0.2, 0.25) is 0 Å². The smallest absolute Gasteiger partial charge is 0.241 e. The van der Waals surface area contributed by atoms with E-state index in [1.54, 1.807) is 0 Å². The average molecular weight is 394 g/mol. The molecule has 0 unspecified atom stereocenters. The van der Waals surface area contributed by atoms with Crippen LogP contribution in [0.4, 0.5) is 5.69 Å². The first-order valence-electron chi connectivity index (χ1n) is 10.4. The van der Waals surface area contributed by atoms with E-state index in [0.29, 0.717) is 6.61 Å². The fourth-order valence-electron chi connectivity index (χ4n) is 3.45. The molecular formula is C24H31N3O2. The Hall–Kier alpha value is -2.63. The molecule has 2 aromatic rings. The van der Waals surface area contributed by atoms with Gasteiger partial charge in [0.2, 0.25) is 5.91 Å². The quantitative estimate of drug-likeness (QED) is 0.742. The maximum Gasteiger partial charge on any atom is 0.241 e. The number of carbonyl (C=O) groups excluding carboxylic acids is 1. The highest BCUT2D eigenvalue weighted by molar-refractivity contribution is 5.94. The van der Waals surface area contributed by atoms with Gasteiger partial charge in [-0.15, -0.1) is 0 Å². The summed E-state index contributed by atoms with van der Waals surface area (Å²) in [6, 6.07) is 17.7. The molecule has 0 bridgehead atoms. The standard InChI is InChI=1S/C24H31N3O2/c1-3-29-23-13-11-22(12-14-23)25-24(28)20(2)27-18-16-26(17-19-27)15-7-10-21-8-5-4-6-9-21/h4-14,20H,3,15-19H2,1-2H3,(H,25,28)/b10-7+/t20-/m1/s1. The lowest BCUT2D eigenvalue weighted by Crippen LogP contribution is -2.52. The van der Waals surface area contributed by atoms with Crippen molar-refractivity contribution in [2.45, 2.75) is 19.9 Å². The number of rotatable bonds is 8. The average Bonchev–Trinajstić information content (AvgIpc) is 2.76. The Balaban J connectivity index is 1.42. The number of anilines is 1. The van der Waals surface area contributed by atoms with Crippen molar-refractivity contribution >= 4 is 17.7 Å². The van der Waals surface area contributed by atoms with Crippen LogP contribution in [0.1, 0.15) is 19.4 Å². The van der Waals surface area contributed by atoms with E-state index in [1.165, 1.54) is 5.56 Å². The first-order chi connectivity index (χ1) is 14.2. The third kappa shape index (κ3) is 6.44. The van der Waals surface area contributed by atoms with Gasteiger partial charge in [-0.2, -0.15) is 0 Å². The van der Waals surface area contributed by atoms with Gasteiger partial charge in [0.25, 0.3) is 0 Å².